The number of nitrogens with one attached hydrogen (secondary N) is 1. The van der Waals surface area contributed by atoms with Gasteiger partial charge in [-0.3, -0.25) is 10.1 Å². The van der Waals surface area contributed by atoms with Gasteiger partial charge in [0.25, 0.3) is 5.91 Å². The fourth-order valence-electron chi connectivity index (χ4n) is 2.58. The van der Waals surface area contributed by atoms with Gasteiger partial charge >= 0.3 is 0 Å². The van der Waals surface area contributed by atoms with Crippen molar-refractivity contribution in [3.63, 3.8) is 0 Å². The maximum Gasteiger partial charge on any atom is 0.272 e. The number of hydrogen-bond donors (Lipinski definition) is 2. The van der Waals surface area contributed by atoms with Crippen LogP contribution in [-0.4, -0.2) is 40.8 Å². The number of aryl methyl sites for hydroxylation is 1. The van der Waals surface area contributed by atoms with Gasteiger partial charge in [-0.2, -0.15) is 5.26 Å². The van der Waals surface area contributed by atoms with Gasteiger partial charge in [0.1, 0.15) is 16.7 Å². The van der Waals surface area contributed by atoms with Gasteiger partial charge in [0.15, 0.2) is 21.2 Å². The predicted molar refractivity (Wildman–Crippen MR) is 111 cm³/mol. The van der Waals surface area contributed by atoms with E-state index in [4.69, 9.17) is 16.1 Å². The largest absolute Gasteiger partial charge is 0.506 e. The summed E-state index contributed by atoms with van der Waals surface area (Å²) in [4.78, 5) is 20.3. The minimum absolute atomic E-state index is 0.0278. The zero-order valence-corrected chi connectivity index (χ0v) is 17.7. The Balaban J connectivity index is 2.06. The van der Waals surface area contributed by atoms with E-state index in [-0.39, 0.29) is 32.9 Å². The molecule has 0 saturated carbocycles. The maximum absolute atomic E-state index is 12.6. The van der Waals surface area contributed by atoms with Crippen LogP contribution in [0.4, 0.5) is 5.95 Å². The summed E-state index contributed by atoms with van der Waals surface area (Å²) in [5, 5.41) is 25.6. The topological polar surface area (TPSA) is 159 Å². The van der Waals surface area contributed by atoms with Gasteiger partial charge in [0.2, 0.25) is 5.95 Å². The van der Waals surface area contributed by atoms with Crippen LogP contribution in [0.1, 0.15) is 11.3 Å². The molecule has 12 heteroatoms. The average molecular weight is 460 g/mol. The molecule has 0 spiro atoms. The van der Waals surface area contributed by atoms with Crippen LogP contribution in [0.5, 0.6) is 0 Å². The molecule has 0 aliphatic carbocycles. The lowest BCUT2D eigenvalue weighted by atomic mass is 10.1. The Labute approximate surface area is 181 Å². The van der Waals surface area contributed by atoms with E-state index in [0.29, 0.717) is 5.56 Å². The van der Waals surface area contributed by atoms with E-state index >= 15 is 0 Å². The highest BCUT2D eigenvalue weighted by molar-refractivity contribution is 7.90. The third-order valence-corrected chi connectivity index (χ3v) is 5.52. The van der Waals surface area contributed by atoms with E-state index in [1.54, 1.807) is 30.3 Å². The first-order valence-corrected chi connectivity index (χ1v) is 10.8. The molecule has 2 heterocycles. The molecule has 1 amide bonds. The van der Waals surface area contributed by atoms with Crippen LogP contribution in [0, 0.1) is 18.3 Å². The molecule has 0 atom stereocenters. The van der Waals surface area contributed by atoms with Gasteiger partial charge in [0.05, 0.1) is 28.7 Å². The number of aliphatic hydroxyl groups excluding tert-OH is 1. The number of nitriles is 1. The van der Waals surface area contributed by atoms with Crippen molar-refractivity contribution in [2.24, 2.45) is 0 Å². The standard InChI is InChI=1S/C19H14ClN5O5S/c1-10-13(8-23-30-10)17(26)12(7-21)18(27)25-19-22-9-15(31(2,28)29)16(24-19)11-5-3-4-6-14(11)20/h3-6,8-9,26H,1-2H3,(H,22,24,25,27). The lowest BCUT2D eigenvalue weighted by Crippen LogP contribution is -2.18. The van der Waals surface area contributed by atoms with E-state index in [1.165, 1.54) is 6.92 Å². The lowest BCUT2D eigenvalue weighted by molar-refractivity contribution is -0.112. The monoisotopic (exact) mass is 459 g/mol. The number of hydrogen-bond acceptors (Lipinski definition) is 9. The van der Waals surface area contributed by atoms with Crippen molar-refractivity contribution in [3.8, 4) is 17.3 Å². The fourth-order valence-corrected chi connectivity index (χ4v) is 3.56. The van der Waals surface area contributed by atoms with Crippen LogP contribution in [0.25, 0.3) is 17.0 Å². The van der Waals surface area contributed by atoms with Crippen molar-refractivity contribution in [2.45, 2.75) is 11.8 Å². The van der Waals surface area contributed by atoms with Crippen molar-refractivity contribution in [1.82, 2.24) is 15.1 Å². The molecule has 2 N–H and O–H groups in total. The number of carbonyl (C=O) groups excluding carboxylic acids is 1. The van der Waals surface area contributed by atoms with Gasteiger partial charge in [-0.05, 0) is 13.0 Å². The van der Waals surface area contributed by atoms with E-state index in [0.717, 1.165) is 18.6 Å². The highest BCUT2D eigenvalue weighted by Gasteiger charge is 2.23. The summed E-state index contributed by atoms with van der Waals surface area (Å²) in [5.74, 6) is -1.75. The number of aliphatic hydroxyl groups is 1. The van der Waals surface area contributed by atoms with Crippen LogP contribution < -0.4 is 5.32 Å². The normalized spacial score (nSPS) is 12.1. The lowest BCUT2D eigenvalue weighted by Gasteiger charge is -2.11. The second-order valence-corrected chi connectivity index (χ2v) is 8.64. The molecule has 0 bridgehead atoms. The molecule has 158 valence electrons. The molecule has 1 aromatic carbocycles. The zero-order chi connectivity index (χ0) is 22.8. The SMILES string of the molecule is Cc1oncc1C(O)=C(C#N)C(=O)Nc1ncc(S(C)(=O)=O)c(-c2ccccc2Cl)n1. The molecule has 0 aliphatic heterocycles. The minimum Gasteiger partial charge on any atom is -0.506 e. The first-order chi connectivity index (χ1) is 14.6. The molecule has 0 saturated heterocycles. The molecule has 0 fully saturated rings. The molecule has 0 unspecified atom stereocenters. The number of carbonyl (C=O) groups is 1. The summed E-state index contributed by atoms with van der Waals surface area (Å²) in [6.45, 7) is 1.49. The Morgan fingerprint density at radius 1 is 1.29 bits per heavy atom. The van der Waals surface area contributed by atoms with E-state index in [2.05, 4.69) is 20.4 Å². The zero-order valence-electron chi connectivity index (χ0n) is 16.1. The van der Waals surface area contributed by atoms with Crippen molar-refractivity contribution in [1.29, 1.82) is 5.26 Å². The van der Waals surface area contributed by atoms with Crippen LogP contribution in [0.3, 0.4) is 0 Å². The van der Waals surface area contributed by atoms with Crippen LogP contribution in [0.15, 0.2) is 51.7 Å². The molecular formula is C19H14ClN5O5S. The minimum atomic E-state index is -3.73. The Bertz CT molecular complexity index is 1360. The van der Waals surface area contributed by atoms with Crippen molar-refractivity contribution in [3.05, 3.63) is 58.6 Å². The van der Waals surface area contributed by atoms with Crippen molar-refractivity contribution < 1.29 is 22.8 Å². The second-order valence-electron chi connectivity index (χ2n) is 6.24. The second kappa shape index (κ2) is 8.55. The molecular weight excluding hydrogens is 446 g/mol. The molecule has 2 aromatic heterocycles. The van der Waals surface area contributed by atoms with E-state index in [1.807, 2.05) is 0 Å². The first kappa shape index (κ1) is 21.9. The Kier molecular flexibility index (Phi) is 6.05. The average Bonchev–Trinajstić information content (AvgIpc) is 3.14. The molecule has 3 aromatic rings. The number of nitrogens with zero attached hydrogens (tertiary/aromatic N) is 4. The summed E-state index contributed by atoms with van der Waals surface area (Å²) >= 11 is 6.18. The number of rotatable bonds is 5. The van der Waals surface area contributed by atoms with E-state index < -0.39 is 27.1 Å². The Morgan fingerprint density at radius 2 is 2.00 bits per heavy atom. The molecule has 10 nitrogen and oxygen atoms in total. The summed E-state index contributed by atoms with van der Waals surface area (Å²) in [7, 11) is -3.73. The number of sulfone groups is 1. The molecule has 31 heavy (non-hydrogen) atoms. The summed E-state index contributed by atoms with van der Waals surface area (Å²) in [6.07, 6.45) is 3.17. The first-order valence-electron chi connectivity index (χ1n) is 8.51. The summed E-state index contributed by atoms with van der Waals surface area (Å²) in [5.41, 5.74) is -0.292. The third kappa shape index (κ3) is 4.55. The summed E-state index contributed by atoms with van der Waals surface area (Å²) < 4.78 is 29.2. The van der Waals surface area contributed by atoms with Crippen LogP contribution in [0.2, 0.25) is 5.02 Å². The van der Waals surface area contributed by atoms with Gasteiger partial charge in [-0.1, -0.05) is 35.0 Å². The fraction of sp³-hybridized carbons (Fsp3) is 0.105. The van der Waals surface area contributed by atoms with Crippen LogP contribution in [-0.2, 0) is 14.6 Å². The molecule has 3 rings (SSSR count). The number of aromatic nitrogens is 3. The molecule has 0 radical (unpaired) electrons. The number of anilines is 1. The van der Waals surface area contributed by atoms with E-state index in [9.17, 15) is 23.6 Å². The predicted octanol–water partition coefficient (Wildman–Crippen LogP) is 2.93. The highest BCUT2D eigenvalue weighted by atomic mass is 35.5. The van der Waals surface area contributed by atoms with Gasteiger partial charge in [-0.15, -0.1) is 0 Å². The Hall–Kier alpha value is -3.75. The van der Waals surface area contributed by atoms with Gasteiger partial charge < -0.3 is 9.63 Å². The maximum atomic E-state index is 12.6. The van der Waals surface area contributed by atoms with Gasteiger partial charge in [0, 0.05) is 11.8 Å². The third-order valence-electron chi connectivity index (χ3n) is 4.09. The number of amides is 1. The van der Waals surface area contributed by atoms with Crippen LogP contribution >= 0.6 is 11.6 Å². The molecule has 0 aliphatic rings. The van der Waals surface area contributed by atoms with Crippen molar-refractivity contribution >= 4 is 39.1 Å². The number of halogens is 1. The quantitative estimate of drug-likeness (QED) is 0.332. The van der Waals surface area contributed by atoms with Gasteiger partial charge in [-0.25, -0.2) is 18.4 Å². The smallest absolute Gasteiger partial charge is 0.272 e. The van der Waals surface area contributed by atoms with Crippen molar-refractivity contribution in [2.75, 3.05) is 11.6 Å². The number of benzene rings is 1. The summed E-state index contributed by atoms with van der Waals surface area (Å²) in [6, 6.07) is 8.02. The highest BCUT2D eigenvalue weighted by Crippen LogP contribution is 2.31. The Morgan fingerprint density at radius 3 is 2.58 bits per heavy atom.